The van der Waals surface area contributed by atoms with Crippen LogP contribution in [-0.4, -0.2) is 68.6 Å². The van der Waals surface area contributed by atoms with Crippen LogP contribution in [0.3, 0.4) is 0 Å². The van der Waals surface area contributed by atoms with Gasteiger partial charge in [0.15, 0.2) is 0 Å². The number of ether oxygens (including phenoxy) is 2. The van der Waals surface area contributed by atoms with Crippen molar-refractivity contribution in [2.45, 2.75) is 89.6 Å². The van der Waals surface area contributed by atoms with Crippen molar-refractivity contribution in [2.75, 3.05) is 23.8 Å². The molecule has 12 heteroatoms. The maximum absolute atomic E-state index is 13.2. The van der Waals surface area contributed by atoms with Crippen LogP contribution in [0.4, 0.5) is 22.2 Å². The molecule has 1 aromatic carbocycles. The van der Waals surface area contributed by atoms with Gasteiger partial charge in [-0.15, -0.1) is 0 Å². The molecule has 3 aromatic heterocycles. The maximum atomic E-state index is 13.2. The van der Waals surface area contributed by atoms with Crippen molar-refractivity contribution in [3.05, 3.63) is 60.0 Å². The van der Waals surface area contributed by atoms with Crippen molar-refractivity contribution in [1.29, 1.82) is 0 Å². The predicted octanol–water partition coefficient (Wildman–Crippen LogP) is 6.70. The topological polar surface area (TPSA) is 111 Å². The van der Waals surface area contributed by atoms with Gasteiger partial charge in [0.2, 0.25) is 5.95 Å². The van der Waals surface area contributed by atoms with E-state index in [0.717, 1.165) is 53.0 Å². The summed E-state index contributed by atoms with van der Waals surface area (Å²) in [4.78, 5) is 24.9. The zero-order valence-electron chi connectivity index (χ0n) is 29.6. The van der Waals surface area contributed by atoms with Crippen LogP contribution in [0.25, 0.3) is 11.0 Å². The number of fused-ring (bicyclic) bond motifs is 1. The van der Waals surface area contributed by atoms with Crippen molar-refractivity contribution in [3.8, 4) is 0 Å². The second-order valence-corrected chi connectivity index (χ2v) is 19.2. The Morgan fingerprint density at radius 3 is 2.67 bits per heavy atom. The number of hydrogen-bond acceptors (Lipinski definition) is 8. The maximum Gasteiger partial charge on any atom is 0.410 e. The number of aryl methyl sites for hydroxylation is 1. The zero-order chi connectivity index (χ0) is 34.1. The summed E-state index contributed by atoms with van der Waals surface area (Å²) in [5.74, 6) is 1.40. The lowest BCUT2D eigenvalue weighted by atomic mass is 9.99. The van der Waals surface area contributed by atoms with Gasteiger partial charge in [0, 0.05) is 56.8 Å². The van der Waals surface area contributed by atoms with E-state index < -0.39 is 15.0 Å². The van der Waals surface area contributed by atoms with E-state index in [2.05, 4.69) is 48.5 Å². The molecule has 0 radical (unpaired) electrons. The van der Waals surface area contributed by atoms with Gasteiger partial charge in [0.05, 0.1) is 17.3 Å². The molecular weight excluding hydrogens is 585 g/mol. The summed E-state index contributed by atoms with van der Waals surface area (Å²) in [5.41, 5.74) is 3.32. The highest BCUT2D eigenvalue weighted by Gasteiger charge is 2.33. The minimum atomic E-state index is -2.40. The first kappa shape index (κ1) is 27.4. The lowest BCUT2D eigenvalue weighted by Crippen LogP contribution is -2.49. The van der Waals surface area contributed by atoms with E-state index in [0.29, 0.717) is 43.3 Å². The number of amides is 1. The molecule has 11 nitrogen and oxygen atoms in total. The molecule has 1 amide bonds. The number of likely N-dealkylation sites (tertiary alicyclic amines) is 1. The largest absolute Gasteiger partial charge is 0.445 e. The Morgan fingerprint density at radius 1 is 1.11 bits per heavy atom. The van der Waals surface area contributed by atoms with Crippen LogP contribution in [0, 0.1) is 0 Å². The number of aromatic nitrogens is 5. The van der Waals surface area contributed by atoms with E-state index in [1.165, 1.54) is 18.0 Å². The SMILES string of the molecule is [2H]C([2H])([2H])n1cc(Nc2nc(N[C@@H]3CC[C@H](C)N(C(=O)OCc4ccccc4)C3)c3c(C4CC4)cn(COCC[Si](C)(C)C)c3n2)cn1. The summed E-state index contributed by atoms with van der Waals surface area (Å²) in [7, 11) is -1.26. The van der Waals surface area contributed by atoms with Gasteiger partial charge in [0.25, 0.3) is 0 Å². The van der Waals surface area contributed by atoms with Gasteiger partial charge in [-0.2, -0.15) is 15.1 Å². The lowest BCUT2D eigenvalue weighted by molar-refractivity contribution is 0.0696. The summed E-state index contributed by atoms with van der Waals surface area (Å²) >= 11 is 0. The number of nitrogens with zero attached hydrogens (tertiary/aromatic N) is 6. The Bertz CT molecular complexity index is 1720. The number of carbonyl (C=O) groups excluding carboxylic acids is 1. The van der Waals surface area contributed by atoms with E-state index in [1.54, 1.807) is 4.90 Å². The highest BCUT2D eigenvalue weighted by Crippen LogP contribution is 2.45. The van der Waals surface area contributed by atoms with Crippen molar-refractivity contribution in [2.24, 2.45) is 6.98 Å². The Hall–Kier alpha value is -3.90. The first-order valence-electron chi connectivity index (χ1n) is 17.4. The van der Waals surface area contributed by atoms with E-state index >= 15 is 0 Å². The van der Waals surface area contributed by atoms with Crippen LogP contribution in [0.15, 0.2) is 48.9 Å². The summed E-state index contributed by atoms with van der Waals surface area (Å²) in [6.45, 7) is 8.39. The molecule has 0 unspecified atom stereocenters. The van der Waals surface area contributed by atoms with E-state index in [4.69, 9.17) is 23.6 Å². The fourth-order valence-electron chi connectivity index (χ4n) is 5.71. The Labute approximate surface area is 270 Å². The van der Waals surface area contributed by atoms with Gasteiger partial charge < -0.3 is 29.6 Å². The fourth-order valence-corrected chi connectivity index (χ4v) is 6.47. The van der Waals surface area contributed by atoms with Gasteiger partial charge in [-0.1, -0.05) is 50.0 Å². The number of carbonyl (C=O) groups is 1. The van der Waals surface area contributed by atoms with Crippen molar-refractivity contribution in [3.63, 3.8) is 0 Å². The molecule has 2 fully saturated rings. The number of benzene rings is 1. The van der Waals surface area contributed by atoms with Gasteiger partial charge >= 0.3 is 6.09 Å². The highest BCUT2D eigenvalue weighted by atomic mass is 28.3. The summed E-state index contributed by atoms with van der Waals surface area (Å²) < 4.78 is 37.9. The Balaban J connectivity index is 1.28. The van der Waals surface area contributed by atoms with Crippen molar-refractivity contribution < 1.29 is 18.4 Å². The third kappa shape index (κ3) is 7.85. The number of hydrogen-bond donors (Lipinski definition) is 2. The molecule has 0 spiro atoms. The quantitative estimate of drug-likeness (QED) is 0.131. The van der Waals surface area contributed by atoms with Gasteiger partial charge in [0.1, 0.15) is 24.8 Å². The van der Waals surface area contributed by atoms with Gasteiger partial charge in [-0.3, -0.25) is 4.68 Å². The average Bonchev–Trinajstić information content (AvgIpc) is 3.65. The van der Waals surface area contributed by atoms with E-state index in [9.17, 15) is 4.79 Å². The molecule has 45 heavy (non-hydrogen) atoms. The fraction of sp³-hybridized carbons (Fsp3) is 0.515. The van der Waals surface area contributed by atoms with Crippen molar-refractivity contribution >= 4 is 42.7 Å². The second-order valence-electron chi connectivity index (χ2n) is 13.5. The molecule has 2 atom stereocenters. The molecule has 1 saturated carbocycles. The third-order valence-electron chi connectivity index (χ3n) is 8.49. The van der Waals surface area contributed by atoms with Crippen LogP contribution < -0.4 is 10.6 Å². The molecule has 4 heterocycles. The minimum absolute atomic E-state index is 0.0418. The number of rotatable bonds is 12. The molecule has 4 aromatic rings. The van der Waals surface area contributed by atoms with E-state index in [1.807, 2.05) is 34.9 Å². The van der Waals surface area contributed by atoms with Gasteiger partial charge in [-0.25, -0.2) is 4.79 Å². The smallest absolute Gasteiger partial charge is 0.410 e. The summed E-state index contributed by atoms with van der Waals surface area (Å²) in [6.07, 6.45) is 8.54. The molecular formula is C33H46N8O3Si. The Kier molecular flexibility index (Phi) is 8.05. The molecule has 2 N–H and O–H groups in total. The van der Waals surface area contributed by atoms with Crippen LogP contribution in [-0.2, 0) is 29.8 Å². The van der Waals surface area contributed by atoms with Crippen LogP contribution in [0.5, 0.6) is 0 Å². The standard InChI is InChI=1S/C33H46N8O3Si/c1-23-11-14-26(19-41(23)33(42)44-21-24-9-7-6-8-10-24)35-30-29-28(25-12-13-25)20-40(22-43-15-16-45(3,4)5)31(29)38-32(37-30)36-27-17-34-39(2)18-27/h6-10,17-18,20,23,25-26H,11-16,19,21-22H2,1-5H3,(H2,35,36,37,38)/t23-,26+/m0/s1/i2D3. The molecule has 1 aliphatic heterocycles. The molecule has 1 aliphatic carbocycles. The second kappa shape index (κ2) is 13.2. The Morgan fingerprint density at radius 2 is 1.93 bits per heavy atom. The number of nitrogens with one attached hydrogen (secondary N) is 2. The number of piperidine rings is 1. The monoisotopic (exact) mass is 633 g/mol. The van der Waals surface area contributed by atoms with Crippen LogP contribution in [0.2, 0.25) is 25.7 Å². The van der Waals surface area contributed by atoms with Crippen LogP contribution in [0.1, 0.15) is 53.8 Å². The number of anilines is 3. The third-order valence-corrected chi connectivity index (χ3v) is 10.2. The van der Waals surface area contributed by atoms with E-state index in [-0.39, 0.29) is 24.8 Å². The van der Waals surface area contributed by atoms with Crippen LogP contribution >= 0.6 is 0 Å². The minimum Gasteiger partial charge on any atom is -0.445 e. The molecule has 2 aliphatic rings. The average molecular weight is 634 g/mol. The molecule has 1 saturated heterocycles. The van der Waals surface area contributed by atoms with Crippen molar-refractivity contribution in [1.82, 2.24) is 29.2 Å². The van der Waals surface area contributed by atoms with Gasteiger partial charge in [-0.05, 0) is 55.7 Å². The molecule has 6 rings (SSSR count). The lowest BCUT2D eigenvalue weighted by Gasteiger charge is -2.37. The summed E-state index contributed by atoms with van der Waals surface area (Å²) in [5, 5.41) is 11.8. The first-order valence-corrected chi connectivity index (χ1v) is 19.6. The highest BCUT2D eigenvalue weighted by molar-refractivity contribution is 6.76. The molecule has 240 valence electrons. The first-order chi connectivity index (χ1) is 22.8. The zero-order valence-corrected chi connectivity index (χ0v) is 27.6. The summed E-state index contributed by atoms with van der Waals surface area (Å²) in [6, 6.07) is 10.7. The molecule has 0 bridgehead atoms. The normalized spacial score (nSPS) is 20.0. The predicted molar refractivity (Wildman–Crippen MR) is 180 cm³/mol.